The zero-order chi connectivity index (χ0) is 25.4. The van der Waals surface area contributed by atoms with Crippen LogP contribution in [0.1, 0.15) is 23.3 Å². The first-order valence-electron chi connectivity index (χ1n) is 11.2. The number of thioether (sulfide) groups is 1. The first kappa shape index (κ1) is 24.1. The minimum absolute atomic E-state index is 0.228. The molecular formula is C25H22N2O7S2. The van der Waals surface area contributed by atoms with Crippen LogP contribution in [-0.4, -0.2) is 48.3 Å². The molecule has 2 aliphatic rings. The number of fused-ring (bicyclic) bond motifs is 2. The number of hydrogen-bond donors (Lipinski definition) is 1. The van der Waals surface area contributed by atoms with E-state index in [0.717, 1.165) is 11.3 Å². The van der Waals surface area contributed by atoms with Crippen molar-refractivity contribution in [3.8, 4) is 11.5 Å². The first-order valence-corrected chi connectivity index (χ1v) is 12.9. The number of esters is 1. The molecule has 0 saturated carbocycles. The third-order valence-corrected chi connectivity index (χ3v) is 8.46. The van der Waals surface area contributed by atoms with Gasteiger partial charge in [0.15, 0.2) is 6.61 Å². The molecule has 1 fully saturated rings. The molecule has 9 nitrogen and oxygen atoms in total. The van der Waals surface area contributed by atoms with E-state index >= 15 is 0 Å². The molecule has 0 spiro atoms. The van der Waals surface area contributed by atoms with Gasteiger partial charge in [-0.1, -0.05) is 41.3 Å². The van der Waals surface area contributed by atoms with Crippen LogP contribution in [0.3, 0.4) is 0 Å². The monoisotopic (exact) mass is 526 g/mol. The largest absolute Gasteiger partial charge is 0.497 e. The standard InChI is InChI=1S/C25H22N2O7S2/c1-3-33-17(28)12-34-16-7-5-4-6-15(16)18-19-21(35-22-20(18)36-25(31)26-22)24(30)27(23(19)29)13-8-10-14(32-2)11-9-13/h4-11,18-19,21H,3,12H2,1-2H3,(H,26,31)/t18-,19?,21?/m1/s1. The van der Waals surface area contributed by atoms with E-state index in [1.807, 2.05) is 0 Å². The lowest BCUT2D eigenvalue weighted by Gasteiger charge is -2.30. The molecule has 1 N–H and O–H groups in total. The van der Waals surface area contributed by atoms with E-state index < -0.39 is 23.1 Å². The number of ether oxygens (including phenoxy) is 3. The van der Waals surface area contributed by atoms with Gasteiger partial charge in [0, 0.05) is 16.4 Å². The molecule has 2 amide bonds. The lowest BCUT2D eigenvalue weighted by Crippen LogP contribution is -2.32. The van der Waals surface area contributed by atoms with Gasteiger partial charge in [-0.25, -0.2) is 9.69 Å². The number of aromatic nitrogens is 1. The molecule has 0 radical (unpaired) electrons. The number of amides is 2. The summed E-state index contributed by atoms with van der Waals surface area (Å²) in [6.45, 7) is 1.63. The number of H-pyrrole nitrogens is 1. The zero-order valence-electron chi connectivity index (χ0n) is 19.4. The van der Waals surface area contributed by atoms with Crippen molar-refractivity contribution >= 4 is 46.6 Å². The van der Waals surface area contributed by atoms with Gasteiger partial charge in [0.2, 0.25) is 11.8 Å². The van der Waals surface area contributed by atoms with Gasteiger partial charge in [-0.3, -0.25) is 14.4 Å². The van der Waals surface area contributed by atoms with Crippen LogP contribution in [0, 0.1) is 5.92 Å². The highest BCUT2D eigenvalue weighted by atomic mass is 32.2. The Hall–Kier alpha value is -3.57. The van der Waals surface area contributed by atoms with Crippen molar-refractivity contribution in [1.82, 2.24) is 4.98 Å². The van der Waals surface area contributed by atoms with E-state index in [1.165, 1.54) is 23.8 Å². The summed E-state index contributed by atoms with van der Waals surface area (Å²) in [6.07, 6.45) is 0. The van der Waals surface area contributed by atoms with Crippen molar-refractivity contribution in [2.75, 3.05) is 25.2 Å². The van der Waals surface area contributed by atoms with Gasteiger partial charge < -0.3 is 19.2 Å². The zero-order valence-corrected chi connectivity index (χ0v) is 21.0. The Bertz CT molecular complexity index is 1380. The Morgan fingerprint density at radius 1 is 1.06 bits per heavy atom. The summed E-state index contributed by atoms with van der Waals surface area (Å²) in [4.78, 5) is 56.0. The number of carbonyl (C=O) groups is 3. The second-order valence-corrected chi connectivity index (χ2v) is 10.3. The molecule has 186 valence electrons. The van der Waals surface area contributed by atoms with Crippen LogP contribution in [0.25, 0.3) is 0 Å². The summed E-state index contributed by atoms with van der Waals surface area (Å²) >= 11 is 2.21. The molecule has 11 heteroatoms. The number of benzene rings is 2. The molecule has 2 unspecified atom stereocenters. The normalized spacial score (nSPS) is 20.6. The highest BCUT2D eigenvalue weighted by Crippen LogP contribution is 2.54. The Balaban J connectivity index is 1.57. The van der Waals surface area contributed by atoms with Gasteiger partial charge >= 0.3 is 10.8 Å². The highest BCUT2D eigenvalue weighted by Gasteiger charge is 2.56. The third kappa shape index (κ3) is 4.18. The number of hydrogen-bond acceptors (Lipinski definition) is 9. The summed E-state index contributed by atoms with van der Waals surface area (Å²) in [5.41, 5.74) is 1.06. The van der Waals surface area contributed by atoms with Gasteiger partial charge in [0.25, 0.3) is 0 Å². The van der Waals surface area contributed by atoms with Gasteiger partial charge in [-0.05, 0) is 37.3 Å². The van der Waals surface area contributed by atoms with Crippen molar-refractivity contribution < 1.29 is 28.6 Å². The number of para-hydroxylation sites is 1. The lowest BCUT2D eigenvalue weighted by atomic mass is 9.82. The van der Waals surface area contributed by atoms with Crippen molar-refractivity contribution in [1.29, 1.82) is 0 Å². The number of anilines is 1. The molecular weight excluding hydrogens is 504 g/mol. The number of nitrogens with one attached hydrogen (secondary N) is 1. The third-order valence-electron chi connectivity index (χ3n) is 6.06. The van der Waals surface area contributed by atoms with E-state index in [4.69, 9.17) is 14.2 Å². The molecule has 0 aliphatic carbocycles. The Kier molecular flexibility index (Phi) is 6.59. The fraction of sp³-hybridized carbons (Fsp3) is 0.280. The SMILES string of the molecule is CCOC(=O)COc1ccccc1[C@H]1c2sc(=O)[nH]c2SC2C(=O)N(c3ccc(OC)cc3)C(=O)C21. The van der Waals surface area contributed by atoms with Crippen molar-refractivity contribution in [3.63, 3.8) is 0 Å². The smallest absolute Gasteiger partial charge is 0.344 e. The fourth-order valence-corrected chi connectivity index (χ4v) is 7.05. The van der Waals surface area contributed by atoms with Crippen molar-refractivity contribution in [2.45, 2.75) is 23.1 Å². The number of thiazole rings is 1. The summed E-state index contributed by atoms with van der Waals surface area (Å²) in [6, 6.07) is 13.7. The number of nitrogens with zero attached hydrogens (tertiary/aromatic N) is 1. The van der Waals surface area contributed by atoms with E-state index in [9.17, 15) is 19.2 Å². The molecule has 3 atom stereocenters. The quantitative estimate of drug-likeness (QED) is 0.369. The van der Waals surface area contributed by atoms with E-state index in [1.54, 1.807) is 55.5 Å². The minimum atomic E-state index is -0.768. The number of carbonyl (C=O) groups excluding carboxylic acids is 3. The van der Waals surface area contributed by atoms with Crippen LogP contribution < -0.4 is 19.2 Å². The van der Waals surface area contributed by atoms with Crippen LogP contribution in [0.15, 0.2) is 58.4 Å². The van der Waals surface area contributed by atoms with Crippen LogP contribution in [0.4, 0.5) is 5.69 Å². The second kappa shape index (κ2) is 9.82. The van der Waals surface area contributed by atoms with Gasteiger partial charge in [-0.2, -0.15) is 0 Å². The average Bonchev–Trinajstić information content (AvgIpc) is 3.37. The van der Waals surface area contributed by atoms with Crippen LogP contribution in [0.2, 0.25) is 0 Å². The van der Waals surface area contributed by atoms with E-state index in [2.05, 4.69) is 4.98 Å². The molecule has 2 aromatic carbocycles. The number of imide groups is 1. The van der Waals surface area contributed by atoms with Crippen molar-refractivity contribution in [3.05, 3.63) is 68.6 Å². The van der Waals surface area contributed by atoms with Gasteiger partial charge in [-0.15, -0.1) is 0 Å². The number of aromatic amines is 1. The molecule has 3 aromatic rings. The maximum Gasteiger partial charge on any atom is 0.344 e. The maximum atomic E-state index is 13.8. The van der Waals surface area contributed by atoms with E-state index in [-0.39, 0.29) is 29.9 Å². The molecule has 1 saturated heterocycles. The molecule has 3 heterocycles. The maximum absolute atomic E-state index is 13.8. The average molecular weight is 527 g/mol. The molecule has 0 bridgehead atoms. The Morgan fingerprint density at radius 2 is 1.81 bits per heavy atom. The summed E-state index contributed by atoms with van der Waals surface area (Å²) < 4.78 is 15.9. The summed E-state index contributed by atoms with van der Waals surface area (Å²) in [7, 11) is 1.54. The Morgan fingerprint density at radius 3 is 2.53 bits per heavy atom. The molecule has 36 heavy (non-hydrogen) atoms. The second-order valence-electron chi connectivity index (χ2n) is 8.09. The molecule has 2 aliphatic heterocycles. The van der Waals surface area contributed by atoms with Gasteiger partial charge in [0.1, 0.15) is 16.7 Å². The summed E-state index contributed by atoms with van der Waals surface area (Å²) in [5.74, 6) is -1.63. The lowest BCUT2D eigenvalue weighted by molar-refractivity contribution is -0.145. The number of methoxy groups -OCH3 is 1. The summed E-state index contributed by atoms with van der Waals surface area (Å²) in [5, 5.41) is -0.172. The topological polar surface area (TPSA) is 115 Å². The predicted octanol–water partition coefficient (Wildman–Crippen LogP) is 3.18. The predicted molar refractivity (Wildman–Crippen MR) is 134 cm³/mol. The fourth-order valence-electron chi connectivity index (χ4n) is 4.55. The van der Waals surface area contributed by atoms with Crippen LogP contribution in [0.5, 0.6) is 11.5 Å². The minimum Gasteiger partial charge on any atom is -0.497 e. The molecule has 5 rings (SSSR count). The molecule has 1 aromatic heterocycles. The number of rotatable bonds is 7. The van der Waals surface area contributed by atoms with E-state index in [0.29, 0.717) is 32.7 Å². The van der Waals surface area contributed by atoms with Crippen molar-refractivity contribution in [2.24, 2.45) is 5.92 Å². The Labute approximate surface area is 214 Å². The van der Waals surface area contributed by atoms with Crippen LogP contribution >= 0.6 is 23.1 Å². The first-order chi connectivity index (χ1) is 17.4. The van der Waals surface area contributed by atoms with Gasteiger partial charge in [0.05, 0.1) is 30.3 Å². The highest BCUT2D eigenvalue weighted by molar-refractivity contribution is 8.00. The van der Waals surface area contributed by atoms with Crippen LogP contribution in [-0.2, 0) is 19.1 Å².